The van der Waals surface area contributed by atoms with Crippen molar-refractivity contribution < 1.29 is 18.7 Å². The van der Waals surface area contributed by atoms with Crippen LogP contribution in [0.1, 0.15) is 37.2 Å². The van der Waals surface area contributed by atoms with E-state index in [1.165, 1.54) is 6.39 Å². The lowest BCUT2D eigenvalue weighted by atomic mass is 10.1. The second-order valence-electron chi connectivity index (χ2n) is 4.48. The van der Waals surface area contributed by atoms with E-state index in [0.29, 0.717) is 19.0 Å². The Morgan fingerprint density at radius 3 is 2.67 bits per heavy atom. The van der Waals surface area contributed by atoms with Crippen molar-refractivity contribution in [3.63, 3.8) is 0 Å². The Bertz CT molecular complexity index is 574. The topological polar surface area (TPSA) is 61.6 Å². The van der Waals surface area contributed by atoms with Gasteiger partial charge in [0.2, 0.25) is 0 Å². The summed E-state index contributed by atoms with van der Waals surface area (Å²) < 4.78 is 15.9. The predicted octanol–water partition coefficient (Wildman–Crippen LogP) is 3.70. The van der Waals surface area contributed by atoms with Crippen molar-refractivity contribution >= 4 is 5.97 Å². The van der Waals surface area contributed by atoms with E-state index in [-0.39, 0.29) is 5.69 Å². The average molecular weight is 289 g/mol. The van der Waals surface area contributed by atoms with Crippen molar-refractivity contribution in [1.29, 1.82) is 0 Å². The largest absolute Gasteiger partial charge is 0.494 e. The summed E-state index contributed by atoms with van der Waals surface area (Å²) in [6.07, 6.45) is 3.36. The number of rotatable bonds is 7. The lowest BCUT2D eigenvalue weighted by Gasteiger charge is -2.06. The highest BCUT2D eigenvalue weighted by Gasteiger charge is 2.19. The molecule has 0 saturated carbocycles. The van der Waals surface area contributed by atoms with E-state index in [9.17, 15) is 4.79 Å². The lowest BCUT2D eigenvalue weighted by Crippen LogP contribution is -2.06. The second kappa shape index (κ2) is 7.47. The molecule has 0 N–H and O–H groups in total. The molecule has 0 saturated heterocycles. The Morgan fingerprint density at radius 1 is 1.24 bits per heavy atom. The number of esters is 1. The number of benzene rings is 1. The zero-order valence-electron chi connectivity index (χ0n) is 12.3. The van der Waals surface area contributed by atoms with Crippen molar-refractivity contribution in [2.24, 2.45) is 0 Å². The van der Waals surface area contributed by atoms with Gasteiger partial charge in [-0.2, -0.15) is 0 Å². The van der Waals surface area contributed by atoms with E-state index in [2.05, 4.69) is 11.9 Å². The van der Waals surface area contributed by atoms with Gasteiger partial charge in [-0.3, -0.25) is 0 Å². The molecule has 112 valence electrons. The zero-order valence-corrected chi connectivity index (χ0v) is 12.3. The minimum Gasteiger partial charge on any atom is -0.494 e. The third kappa shape index (κ3) is 3.84. The van der Waals surface area contributed by atoms with Gasteiger partial charge >= 0.3 is 5.97 Å². The third-order valence-electron chi connectivity index (χ3n) is 2.92. The number of nitrogens with zero attached hydrogens (tertiary/aromatic N) is 1. The molecule has 0 aliphatic rings. The fraction of sp³-hybridized carbons (Fsp3) is 0.375. The number of oxazole rings is 1. The van der Waals surface area contributed by atoms with Gasteiger partial charge < -0.3 is 13.9 Å². The van der Waals surface area contributed by atoms with Crippen molar-refractivity contribution in [3.8, 4) is 17.1 Å². The van der Waals surface area contributed by atoms with E-state index in [1.807, 2.05) is 24.3 Å². The summed E-state index contributed by atoms with van der Waals surface area (Å²) in [5.74, 6) is 0.725. The molecule has 0 radical (unpaired) electrons. The number of carbonyl (C=O) groups excluding carboxylic acids is 1. The van der Waals surface area contributed by atoms with E-state index in [0.717, 1.165) is 24.2 Å². The van der Waals surface area contributed by atoms with Crippen LogP contribution in [0, 0.1) is 0 Å². The number of ether oxygens (including phenoxy) is 2. The molecule has 2 aromatic rings. The van der Waals surface area contributed by atoms with Gasteiger partial charge in [-0.1, -0.05) is 13.3 Å². The second-order valence-corrected chi connectivity index (χ2v) is 4.48. The van der Waals surface area contributed by atoms with Crippen LogP contribution < -0.4 is 4.74 Å². The fourth-order valence-corrected chi connectivity index (χ4v) is 1.83. The summed E-state index contributed by atoms with van der Waals surface area (Å²) in [5, 5.41) is 0. The van der Waals surface area contributed by atoms with Gasteiger partial charge in [-0.15, -0.1) is 0 Å². The van der Waals surface area contributed by atoms with Crippen molar-refractivity contribution in [2.75, 3.05) is 13.2 Å². The summed E-state index contributed by atoms with van der Waals surface area (Å²) in [6, 6.07) is 7.37. The number of carbonyl (C=O) groups is 1. The first-order chi connectivity index (χ1) is 10.3. The lowest BCUT2D eigenvalue weighted by molar-refractivity contribution is 0.0520. The first-order valence-corrected chi connectivity index (χ1v) is 7.10. The molecule has 1 heterocycles. The van der Waals surface area contributed by atoms with Gasteiger partial charge in [0.25, 0.3) is 0 Å². The number of hydrogen-bond acceptors (Lipinski definition) is 5. The molecule has 21 heavy (non-hydrogen) atoms. The average Bonchev–Trinajstić information content (AvgIpc) is 2.98. The van der Waals surface area contributed by atoms with Crippen LogP contribution in [0.2, 0.25) is 0 Å². The molecular formula is C16H19NO4. The normalized spacial score (nSPS) is 10.4. The van der Waals surface area contributed by atoms with Gasteiger partial charge in [-0.05, 0) is 37.6 Å². The van der Waals surface area contributed by atoms with Crippen LogP contribution in [-0.4, -0.2) is 24.2 Å². The minimum atomic E-state index is -0.482. The van der Waals surface area contributed by atoms with Gasteiger partial charge in [0.05, 0.1) is 13.2 Å². The van der Waals surface area contributed by atoms with Crippen LogP contribution in [0.25, 0.3) is 11.3 Å². The Kier molecular flexibility index (Phi) is 5.37. The van der Waals surface area contributed by atoms with Crippen LogP contribution >= 0.6 is 0 Å². The van der Waals surface area contributed by atoms with Crippen LogP contribution in [0.5, 0.6) is 5.75 Å². The number of unbranched alkanes of at least 4 members (excludes halogenated alkanes) is 1. The maximum Gasteiger partial charge on any atom is 0.360 e. The van der Waals surface area contributed by atoms with E-state index >= 15 is 0 Å². The first-order valence-electron chi connectivity index (χ1n) is 7.10. The van der Waals surface area contributed by atoms with E-state index in [1.54, 1.807) is 6.92 Å². The number of aromatic nitrogens is 1. The Hall–Kier alpha value is -2.30. The van der Waals surface area contributed by atoms with Crippen LogP contribution in [-0.2, 0) is 4.74 Å². The highest BCUT2D eigenvalue weighted by Crippen LogP contribution is 2.26. The molecule has 0 atom stereocenters. The molecule has 0 spiro atoms. The summed E-state index contributed by atoms with van der Waals surface area (Å²) in [5.41, 5.74) is 0.954. The molecule has 1 aromatic heterocycles. The Balaban J connectivity index is 2.12. The summed E-state index contributed by atoms with van der Waals surface area (Å²) in [4.78, 5) is 15.7. The molecule has 0 bridgehead atoms. The van der Waals surface area contributed by atoms with Crippen molar-refractivity contribution in [2.45, 2.75) is 26.7 Å². The smallest absolute Gasteiger partial charge is 0.360 e. The van der Waals surface area contributed by atoms with Gasteiger partial charge in [0.1, 0.15) is 5.75 Å². The zero-order chi connectivity index (χ0) is 15.1. The van der Waals surface area contributed by atoms with Crippen LogP contribution in [0.15, 0.2) is 35.1 Å². The molecule has 2 rings (SSSR count). The summed E-state index contributed by atoms with van der Waals surface area (Å²) >= 11 is 0. The summed E-state index contributed by atoms with van der Waals surface area (Å²) in [6.45, 7) is 4.87. The van der Waals surface area contributed by atoms with Crippen molar-refractivity contribution in [3.05, 3.63) is 36.4 Å². The highest BCUT2D eigenvalue weighted by atomic mass is 16.5. The molecule has 5 heteroatoms. The molecule has 1 aromatic carbocycles. The fourth-order valence-electron chi connectivity index (χ4n) is 1.83. The van der Waals surface area contributed by atoms with Gasteiger partial charge in [0, 0.05) is 5.56 Å². The summed E-state index contributed by atoms with van der Waals surface area (Å²) in [7, 11) is 0. The van der Waals surface area contributed by atoms with Crippen molar-refractivity contribution in [1.82, 2.24) is 4.98 Å². The minimum absolute atomic E-state index is 0.191. The van der Waals surface area contributed by atoms with Gasteiger partial charge in [-0.25, -0.2) is 9.78 Å². The number of hydrogen-bond donors (Lipinski definition) is 0. The molecular weight excluding hydrogens is 270 g/mol. The molecule has 5 nitrogen and oxygen atoms in total. The molecule has 0 unspecified atom stereocenters. The maximum atomic E-state index is 11.8. The van der Waals surface area contributed by atoms with Crippen LogP contribution in [0.4, 0.5) is 0 Å². The molecule has 0 aliphatic carbocycles. The highest BCUT2D eigenvalue weighted by molar-refractivity contribution is 5.93. The quantitative estimate of drug-likeness (QED) is 0.574. The SMILES string of the molecule is CCCCOc1ccc(-c2ocnc2C(=O)OCC)cc1. The monoisotopic (exact) mass is 289 g/mol. The van der Waals surface area contributed by atoms with E-state index in [4.69, 9.17) is 13.9 Å². The maximum absolute atomic E-state index is 11.8. The van der Waals surface area contributed by atoms with Gasteiger partial charge in [0.15, 0.2) is 17.8 Å². The molecule has 0 aliphatic heterocycles. The molecule has 0 fully saturated rings. The predicted molar refractivity (Wildman–Crippen MR) is 78.3 cm³/mol. The Morgan fingerprint density at radius 2 is 2.00 bits per heavy atom. The third-order valence-corrected chi connectivity index (χ3v) is 2.92. The molecule has 0 amide bonds. The first kappa shape index (κ1) is 15.1. The Labute approximate surface area is 123 Å². The van der Waals surface area contributed by atoms with Crippen LogP contribution in [0.3, 0.4) is 0 Å². The standard InChI is InChI=1S/C16H19NO4/c1-3-5-10-20-13-8-6-12(7-9-13)15-14(17-11-21-15)16(18)19-4-2/h6-9,11H,3-5,10H2,1-2H3. The van der Waals surface area contributed by atoms with E-state index < -0.39 is 5.97 Å².